The first-order valence-electron chi connectivity index (χ1n) is 8.49. The Labute approximate surface area is 163 Å². The number of carbonyl (C=O) groups excluding carboxylic acids is 2. The molecular formula is C18H18F3N3O3S. The maximum Gasteiger partial charge on any atom is 0.281 e. The summed E-state index contributed by atoms with van der Waals surface area (Å²) in [6.45, 7) is 1.21. The van der Waals surface area contributed by atoms with Gasteiger partial charge in [-0.1, -0.05) is 17.7 Å². The van der Waals surface area contributed by atoms with Crippen molar-refractivity contribution in [2.75, 3.05) is 19.7 Å². The molecule has 2 amide bonds. The summed E-state index contributed by atoms with van der Waals surface area (Å²) in [5.74, 6) is -0.743. The van der Waals surface area contributed by atoms with Gasteiger partial charge in [-0.15, -0.1) is 11.3 Å². The molecule has 1 aromatic carbocycles. The van der Waals surface area contributed by atoms with E-state index < -0.39 is 36.1 Å². The van der Waals surface area contributed by atoms with Gasteiger partial charge >= 0.3 is 0 Å². The summed E-state index contributed by atoms with van der Waals surface area (Å²) in [6, 6.07) is 6.16. The number of benzene rings is 1. The number of rotatable bonds is 6. The van der Waals surface area contributed by atoms with Crippen LogP contribution in [0, 0.1) is 6.92 Å². The number of ether oxygens (including phenoxy) is 1. The van der Waals surface area contributed by atoms with Crippen LogP contribution >= 0.6 is 11.3 Å². The number of likely N-dealkylation sites (tertiary alicyclic amines) is 1. The molecular weight excluding hydrogens is 395 g/mol. The zero-order valence-corrected chi connectivity index (χ0v) is 15.7. The molecule has 1 aliphatic heterocycles. The Morgan fingerprint density at radius 2 is 2.04 bits per heavy atom. The molecule has 0 aliphatic carbocycles. The van der Waals surface area contributed by atoms with E-state index in [0.717, 1.165) is 27.3 Å². The fourth-order valence-electron chi connectivity index (χ4n) is 2.81. The molecule has 3 rings (SSSR count). The van der Waals surface area contributed by atoms with Crippen molar-refractivity contribution in [1.82, 2.24) is 15.2 Å². The van der Waals surface area contributed by atoms with Gasteiger partial charge in [0.2, 0.25) is 0 Å². The van der Waals surface area contributed by atoms with Gasteiger partial charge in [-0.2, -0.15) is 0 Å². The number of hydrogen-bond donors (Lipinski definition) is 1. The molecule has 6 nitrogen and oxygen atoms in total. The highest BCUT2D eigenvalue weighted by molar-refractivity contribution is 7.11. The van der Waals surface area contributed by atoms with E-state index in [1.807, 2.05) is 19.1 Å². The number of hydrogen-bond acceptors (Lipinski definition) is 5. The molecule has 150 valence electrons. The van der Waals surface area contributed by atoms with Crippen LogP contribution in [0.25, 0.3) is 0 Å². The maximum atomic E-state index is 14.3. The second kappa shape index (κ2) is 8.59. The summed E-state index contributed by atoms with van der Waals surface area (Å²) in [5, 5.41) is 2.48. The van der Waals surface area contributed by atoms with Crippen LogP contribution in [0.4, 0.5) is 13.2 Å². The maximum absolute atomic E-state index is 14.3. The third-order valence-electron chi connectivity index (χ3n) is 4.27. The van der Waals surface area contributed by atoms with Gasteiger partial charge in [-0.05, 0) is 19.1 Å². The molecule has 1 fully saturated rings. The minimum absolute atomic E-state index is 0.114. The van der Waals surface area contributed by atoms with Crippen molar-refractivity contribution >= 4 is 23.2 Å². The molecule has 1 N–H and O–H groups in total. The normalized spacial score (nSPS) is 19.1. The standard InChI is InChI=1S/C18H18F3N3O3S/c1-10-2-4-11(5-3-10)27-8-14(25)23-13-7-24(6-12(13)19)18(26)16-15(17(20)21)22-9-28-16/h2-5,9,12-13,17H,6-8H2,1H3,(H,23,25)/t12-,13+/m0/s1. The molecule has 2 heterocycles. The molecule has 1 aliphatic rings. The number of thiazole rings is 1. The Morgan fingerprint density at radius 3 is 2.71 bits per heavy atom. The molecule has 0 radical (unpaired) electrons. The second-order valence-corrected chi connectivity index (χ2v) is 7.22. The topological polar surface area (TPSA) is 71.5 Å². The predicted molar refractivity (Wildman–Crippen MR) is 96.5 cm³/mol. The van der Waals surface area contributed by atoms with Gasteiger partial charge in [0, 0.05) is 6.54 Å². The van der Waals surface area contributed by atoms with E-state index in [4.69, 9.17) is 4.74 Å². The fourth-order valence-corrected chi connectivity index (χ4v) is 3.58. The Kier molecular flexibility index (Phi) is 6.18. The second-order valence-electron chi connectivity index (χ2n) is 6.37. The third kappa shape index (κ3) is 4.61. The SMILES string of the molecule is Cc1ccc(OCC(=O)N[C@@H]2CN(C(=O)c3scnc3C(F)F)C[C@@H]2F)cc1. The number of carbonyl (C=O) groups is 2. The first-order chi connectivity index (χ1) is 13.3. The van der Waals surface area contributed by atoms with Gasteiger partial charge in [0.15, 0.2) is 6.61 Å². The minimum atomic E-state index is -2.89. The van der Waals surface area contributed by atoms with Gasteiger partial charge in [0.1, 0.15) is 22.5 Å². The third-order valence-corrected chi connectivity index (χ3v) is 5.10. The van der Waals surface area contributed by atoms with Crippen molar-refractivity contribution in [2.24, 2.45) is 0 Å². The molecule has 1 aromatic heterocycles. The molecule has 0 spiro atoms. The average Bonchev–Trinajstić information content (AvgIpc) is 3.28. The Hall–Kier alpha value is -2.62. The zero-order valence-electron chi connectivity index (χ0n) is 14.9. The molecule has 2 aromatic rings. The van der Waals surface area contributed by atoms with E-state index in [2.05, 4.69) is 10.3 Å². The molecule has 0 unspecified atom stereocenters. The van der Waals surface area contributed by atoms with Crippen molar-refractivity contribution in [1.29, 1.82) is 0 Å². The number of amides is 2. The average molecular weight is 413 g/mol. The van der Waals surface area contributed by atoms with Crippen molar-refractivity contribution in [3.05, 3.63) is 45.9 Å². The van der Waals surface area contributed by atoms with E-state index in [0.29, 0.717) is 5.75 Å². The van der Waals surface area contributed by atoms with Crippen LogP contribution in [-0.4, -0.2) is 53.6 Å². The number of nitrogens with one attached hydrogen (secondary N) is 1. The van der Waals surface area contributed by atoms with Gasteiger partial charge in [-0.25, -0.2) is 18.2 Å². The van der Waals surface area contributed by atoms with Gasteiger partial charge in [0.25, 0.3) is 18.2 Å². The van der Waals surface area contributed by atoms with E-state index in [-0.39, 0.29) is 24.6 Å². The Bertz CT molecular complexity index is 844. The lowest BCUT2D eigenvalue weighted by atomic mass is 10.2. The highest BCUT2D eigenvalue weighted by Gasteiger charge is 2.38. The summed E-state index contributed by atoms with van der Waals surface area (Å²) in [6.07, 6.45) is -4.39. The number of halogens is 3. The molecule has 28 heavy (non-hydrogen) atoms. The first-order valence-corrected chi connectivity index (χ1v) is 9.37. The molecule has 1 saturated heterocycles. The summed E-state index contributed by atoms with van der Waals surface area (Å²) < 4.78 is 45.4. The number of aryl methyl sites for hydroxylation is 1. The van der Waals surface area contributed by atoms with Crippen LogP contribution in [0.1, 0.15) is 27.4 Å². The molecule has 2 atom stereocenters. The van der Waals surface area contributed by atoms with Crippen LogP contribution in [0.5, 0.6) is 5.75 Å². The van der Waals surface area contributed by atoms with Crippen LogP contribution in [0.15, 0.2) is 29.8 Å². The van der Waals surface area contributed by atoms with Crippen LogP contribution in [0.3, 0.4) is 0 Å². The molecule has 10 heteroatoms. The number of aromatic nitrogens is 1. The lowest BCUT2D eigenvalue weighted by molar-refractivity contribution is -0.124. The highest BCUT2D eigenvalue weighted by atomic mass is 32.1. The quantitative estimate of drug-likeness (QED) is 0.791. The van der Waals surface area contributed by atoms with Crippen molar-refractivity contribution < 1.29 is 27.5 Å². The highest BCUT2D eigenvalue weighted by Crippen LogP contribution is 2.27. The molecule has 0 saturated carbocycles. The van der Waals surface area contributed by atoms with E-state index in [9.17, 15) is 22.8 Å². The van der Waals surface area contributed by atoms with Crippen LogP contribution in [-0.2, 0) is 4.79 Å². The summed E-state index contributed by atoms with van der Waals surface area (Å²) in [7, 11) is 0. The Morgan fingerprint density at radius 1 is 1.32 bits per heavy atom. The van der Waals surface area contributed by atoms with Crippen molar-refractivity contribution in [3.8, 4) is 5.75 Å². The van der Waals surface area contributed by atoms with E-state index >= 15 is 0 Å². The van der Waals surface area contributed by atoms with E-state index in [1.54, 1.807) is 12.1 Å². The summed E-state index contributed by atoms with van der Waals surface area (Å²) >= 11 is 0.784. The minimum Gasteiger partial charge on any atom is -0.484 e. The fraction of sp³-hybridized carbons (Fsp3) is 0.389. The van der Waals surface area contributed by atoms with E-state index in [1.165, 1.54) is 0 Å². The van der Waals surface area contributed by atoms with Gasteiger partial charge < -0.3 is 15.0 Å². The largest absolute Gasteiger partial charge is 0.484 e. The predicted octanol–water partition coefficient (Wildman–Crippen LogP) is 2.75. The van der Waals surface area contributed by atoms with Crippen molar-refractivity contribution in [3.63, 3.8) is 0 Å². The number of nitrogens with zero attached hydrogens (tertiary/aromatic N) is 2. The molecule has 0 bridgehead atoms. The lowest BCUT2D eigenvalue weighted by Crippen LogP contribution is -2.43. The van der Waals surface area contributed by atoms with Crippen LogP contribution < -0.4 is 10.1 Å². The smallest absolute Gasteiger partial charge is 0.281 e. The Balaban J connectivity index is 1.54. The lowest BCUT2D eigenvalue weighted by Gasteiger charge is -2.16. The van der Waals surface area contributed by atoms with Gasteiger partial charge in [-0.3, -0.25) is 9.59 Å². The van der Waals surface area contributed by atoms with Crippen LogP contribution in [0.2, 0.25) is 0 Å². The number of alkyl halides is 3. The van der Waals surface area contributed by atoms with Crippen molar-refractivity contribution in [2.45, 2.75) is 25.6 Å². The first kappa shape index (κ1) is 20.1. The van der Waals surface area contributed by atoms with Gasteiger partial charge in [0.05, 0.1) is 18.1 Å². The summed E-state index contributed by atoms with van der Waals surface area (Å²) in [4.78, 5) is 28.8. The monoisotopic (exact) mass is 413 g/mol. The zero-order chi connectivity index (χ0) is 20.3. The summed E-state index contributed by atoms with van der Waals surface area (Å²) in [5.41, 5.74) is 1.59.